The van der Waals surface area contributed by atoms with E-state index in [4.69, 9.17) is 23.2 Å². The molecule has 0 amide bonds. The van der Waals surface area contributed by atoms with Crippen molar-refractivity contribution in [3.63, 3.8) is 0 Å². The van der Waals surface area contributed by atoms with Crippen molar-refractivity contribution in [2.45, 2.75) is 13.3 Å². The standard InChI is InChI=1S/C16H10Cl2N2O2/c1-10-5-12(6-11-3-2-4-13(17)16(11)18)15(20-9-22)7-14(10)19-8-21/h2-5,7H,6H2,1H3. The van der Waals surface area contributed by atoms with E-state index < -0.39 is 0 Å². The van der Waals surface area contributed by atoms with Crippen molar-refractivity contribution < 1.29 is 9.59 Å². The van der Waals surface area contributed by atoms with Gasteiger partial charge in [-0.25, -0.2) is 9.59 Å². The van der Waals surface area contributed by atoms with E-state index in [2.05, 4.69) is 9.98 Å². The van der Waals surface area contributed by atoms with Gasteiger partial charge in [-0.05, 0) is 35.7 Å². The van der Waals surface area contributed by atoms with E-state index in [1.807, 2.05) is 6.07 Å². The Morgan fingerprint density at radius 1 is 1.00 bits per heavy atom. The summed E-state index contributed by atoms with van der Waals surface area (Å²) in [5.74, 6) is 0. The summed E-state index contributed by atoms with van der Waals surface area (Å²) in [5, 5.41) is 0.913. The maximum Gasteiger partial charge on any atom is 0.240 e. The third kappa shape index (κ3) is 3.51. The molecule has 0 saturated carbocycles. The van der Waals surface area contributed by atoms with Gasteiger partial charge in [0.2, 0.25) is 12.2 Å². The van der Waals surface area contributed by atoms with Gasteiger partial charge in [0.1, 0.15) is 0 Å². The highest BCUT2D eigenvalue weighted by Crippen LogP contribution is 2.33. The van der Waals surface area contributed by atoms with Gasteiger partial charge in [-0.3, -0.25) is 0 Å². The second-order valence-corrected chi connectivity index (χ2v) is 5.35. The fourth-order valence-electron chi connectivity index (χ4n) is 2.10. The third-order valence-electron chi connectivity index (χ3n) is 3.14. The number of rotatable bonds is 4. The van der Waals surface area contributed by atoms with Gasteiger partial charge in [0, 0.05) is 6.42 Å². The van der Waals surface area contributed by atoms with E-state index in [0.29, 0.717) is 27.8 Å². The Balaban J connectivity index is 2.54. The quantitative estimate of drug-likeness (QED) is 0.594. The Bertz CT molecular complexity index is 821. The lowest BCUT2D eigenvalue weighted by Crippen LogP contribution is -1.92. The molecule has 0 saturated heterocycles. The van der Waals surface area contributed by atoms with Gasteiger partial charge in [-0.1, -0.05) is 41.4 Å². The first kappa shape index (κ1) is 16.2. The van der Waals surface area contributed by atoms with Gasteiger partial charge in [-0.2, -0.15) is 9.98 Å². The van der Waals surface area contributed by atoms with E-state index in [1.165, 1.54) is 12.2 Å². The number of nitrogens with zero attached hydrogens (tertiary/aromatic N) is 2. The highest BCUT2D eigenvalue weighted by atomic mass is 35.5. The number of hydrogen-bond donors (Lipinski definition) is 0. The largest absolute Gasteiger partial charge is 0.240 e. The van der Waals surface area contributed by atoms with Crippen LogP contribution in [-0.4, -0.2) is 12.2 Å². The van der Waals surface area contributed by atoms with E-state index in [1.54, 1.807) is 31.2 Å². The molecular formula is C16H10Cl2N2O2. The lowest BCUT2D eigenvalue weighted by atomic mass is 10.00. The van der Waals surface area contributed by atoms with Crippen molar-refractivity contribution in [3.8, 4) is 0 Å². The fraction of sp³-hybridized carbons (Fsp3) is 0.125. The van der Waals surface area contributed by atoms with Gasteiger partial charge in [-0.15, -0.1) is 0 Å². The molecule has 4 nitrogen and oxygen atoms in total. The molecular weight excluding hydrogens is 323 g/mol. The molecule has 0 aliphatic heterocycles. The molecule has 0 unspecified atom stereocenters. The van der Waals surface area contributed by atoms with Gasteiger partial charge < -0.3 is 0 Å². The van der Waals surface area contributed by atoms with Crippen molar-refractivity contribution in [1.82, 2.24) is 0 Å². The summed E-state index contributed by atoms with van der Waals surface area (Å²) in [7, 11) is 0. The Hall–Kier alpha value is -2.22. The molecule has 2 aromatic carbocycles. The summed E-state index contributed by atoms with van der Waals surface area (Å²) in [5.41, 5.74) is 3.12. The van der Waals surface area contributed by atoms with Crippen LogP contribution < -0.4 is 0 Å². The summed E-state index contributed by atoms with van der Waals surface area (Å²) in [6, 6.07) is 8.67. The lowest BCUT2D eigenvalue weighted by Gasteiger charge is -2.10. The Labute approximate surface area is 137 Å². The number of carbonyl (C=O) groups excluding carboxylic acids is 2. The van der Waals surface area contributed by atoms with Crippen LogP contribution in [0.25, 0.3) is 0 Å². The molecule has 0 atom stereocenters. The number of aryl methyl sites for hydroxylation is 1. The minimum absolute atomic E-state index is 0.380. The zero-order valence-electron chi connectivity index (χ0n) is 11.6. The molecule has 0 heterocycles. The van der Waals surface area contributed by atoms with E-state index in [-0.39, 0.29) is 0 Å². The van der Waals surface area contributed by atoms with Crippen LogP contribution in [0.15, 0.2) is 40.3 Å². The molecule has 2 aromatic rings. The van der Waals surface area contributed by atoms with Crippen LogP contribution in [0, 0.1) is 6.92 Å². The first-order valence-corrected chi connectivity index (χ1v) is 7.04. The molecule has 22 heavy (non-hydrogen) atoms. The Morgan fingerprint density at radius 3 is 2.36 bits per heavy atom. The van der Waals surface area contributed by atoms with Crippen molar-refractivity contribution in [2.24, 2.45) is 9.98 Å². The van der Waals surface area contributed by atoms with Crippen LogP contribution in [0.2, 0.25) is 10.0 Å². The maximum absolute atomic E-state index is 10.6. The smallest absolute Gasteiger partial charge is 0.211 e. The summed E-state index contributed by atoms with van der Waals surface area (Å²) >= 11 is 12.2. The first-order valence-electron chi connectivity index (χ1n) is 6.29. The molecule has 2 rings (SSSR count). The summed E-state index contributed by atoms with van der Waals surface area (Å²) < 4.78 is 0. The van der Waals surface area contributed by atoms with Crippen LogP contribution >= 0.6 is 23.2 Å². The van der Waals surface area contributed by atoms with Gasteiger partial charge in [0.25, 0.3) is 0 Å². The predicted molar refractivity (Wildman–Crippen MR) is 86.0 cm³/mol. The molecule has 0 aliphatic carbocycles. The average Bonchev–Trinajstić information content (AvgIpc) is 2.49. The highest BCUT2D eigenvalue weighted by Gasteiger charge is 2.11. The van der Waals surface area contributed by atoms with E-state index in [9.17, 15) is 9.59 Å². The highest BCUT2D eigenvalue weighted by molar-refractivity contribution is 6.42. The van der Waals surface area contributed by atoms with E-state index >= 15 is 0 Å². The fourth-order valence-corrected chi connectivity index (χ4v) is 2.49. The molecule has 0 radical (unpaired) electrons. The van der Waals surface area contributed by atoms with Gasteiger partial charge >= 0.3 is 0 Å². The molecule has 0 fully saturated rings. The van der Waals surface area contributed by atoms with Crippen LogP contribution in [-0.2, 0) is 16.0 Å². The predicted octanol–water partition coefficient (Wildman–Crippen LogP) is 4.83. The zero-order valence-corrected chi connectivity index (χ0v) is 13.1. The normalized spacial score (nSPS) is 9.77. The molecule has 0 aliphatic rings. The van der Waals surface area contributed by atoms with Crippen molar-refractivity contribution in [3.05, 3.63) is 57.1 Å². The van der Waals surface area contributed by atoms with Crippen LogP contribution in [0.4, 0.5) is 11.4 Å². The second kappa shape index (κ2) is 7.17. The van der Waals surface area contributed by atoms with Crippen molar-refractivity contribution in [2.75, 3.05) is 0 Å². The maximum atomic E-state index is 10.6. The van der Waals surface area contributed by atoms with Gasteiger partial charge in [0.15, 0.2) is 0 Å². The number of aliphatic imine (C=N–C) groups is 2. The molecule has 0 N–H and O–H groups in total. The van der Waals surface area contributed by atoms with Crippen molar-refractivity contribution >= 4 is 46.7 Å². The zero-order chi connectivity index (χ0) is 16.1. The Kier molecular flexibility index (Phi) is 5.26. The second-order valence-electron chi connectivity index (χ2n) is 4.56. The average molecular weight is 333 g/mol. The number of halogens is 2. The number of benzene rings is 2. The minimum atomic E-state index is 0.380. The molecule has 0 spiro atoms. The molecule has 110 valence electrons. The minimum Gasteiger partial charge on any atom is -0.211 e. The van der Waals surface area contributed by atoms with Crippen LogP contribution in [0.5, 0.6) is 0 Å². The van der Waals surface area contributed by atoms with Crippen molar-refractivity contribution in [1.29, 1.82) is 0 Å². The molecule has 0 aromatic heterocycles. The topological polar surface area (TPSA) is 58.9 Å². The molecule has 6 heteroatoms. The summed E-state index contributed by atoms with van der Waals surface area (Å²) in [6.07, 6.45) is 3.41. The van der Waals surface area contributed by atoms with Crippen LogP contribution in [0.3, 0.4) is 0 Å². The third-order valence-corrected chi connectivity index (χ3v) is 4.00. The summed E-state index contributed by atoms with van der Waals surface area (Å²) in [6.45, 7) is 1.80. The Morgan fingerprint density at radius 2 is 1.68 bits per heavy atom. The van der Waals surface area contributed by atoms with Gasteiger partial charge in [0.05, 0.1) is 21.4 Å². The SMILES string of the molecule is Cc1cc(Cc2cccc(Cl)c2Cl)c(N=C=O)cc1N=C=O. The lowest BCUT2D eigenvalue weighted by molar-refractivity contribution is 0.564. The first-order chi connectivity index (χ1) is 10.6. The number of hydrogen-bond acceptors (Lipinski definition) is 4. The monoisotopic (exact) mass is 332 g/mol. The number of isocyanates is 2. The molecule has 0 bridgehead atoms. The summed E-state index contributed by atoms with van der Waals surface area (Å²) in [4.78, 5) is 28.3. The van der Waals surface area contributed by atoms with E-state index in [0.717, 1.165) is 16.7 Å². The van der Waals surface area contributed by atoms with Crippen LogP contribution in [0.1, 0.15) is 16.7 Å².